The molecule has 18 heavy (non-hydrogen) atoms. The van der Waals surface area contributed by atoms with Crippen LogP contribution < -0.4 is 5.73 Å². The minimum Gasteiger partial charge on any atom is -0.381 e. The zero-order valence-corrected chi connectivity index (χ0v) is 13.2. The standard InChI is InChI=1S/C13H21BrN2OS/c1-16(8-10-3-2-5-17-9-10)12(7-15)13-11(14)4-6-18-13/h4,6,10,12H,2-3,5,7-9,15H2,1H3. The maximum absolute atomic E-state index is 5.95. The van der Waals surface area contributed by atoms with Crippen molar-refractivity contribution in [2.24, 2.45) is 11.7 Å². The van der Waals surface area contributed by atoms with Gasteiger partial charge in [-0.3, -0.25) is 4.90 Å². The highest BCUT2D eigenvalue weighted by Gasteiger charge is 2.23. The van der Waals surface area contributed by atoms with Crippen LogP contribution in [0.25, 0.3) is 0 Å². The topological polar surface area (TPSA) is 38.5 Å². The number of hydrogen-bond donors (Lipinski definition) is 1. The van der Waals surface area contributed by atoms with Gasteiger partial charge in [-0.05, 0) is 53.2 Å². The van der Waals surface area contributed by atoms with E-state index in [1.54, 1.807) is 11.3 Å². The maximum atomic E-state index is 5.95. The number of hydrogen-bond acceptors (Lipinski definition) is 4. The lowest BCUT2D eigenvalue weighted by Gasteiger charge is -2.32. The average Bonchev–Trinajstić information content (AvgIpc) is 2.78. The first-order valence-corrected chi connectivity index (χ1v) is 8.10. The highest BCUT2D eigenvalue weighted by atomic mass is 79.9. The van der Waals surface area contributed by atoms with Gasteiger partial charge in [0.2, 0.25) is 0 Å². The Labute approximate surface area is 121 Å². The summed E-state index contributed by atoms with van der Waals surface area (Å²) in [4.78, 5) is 3.70. The molecule has 0 bridgehead atoms. The van der Waals surface area contributed by atoms with Gasteiger partial charge < -0.3 is 10.5 Å². The first kappa shape index (κ1) is 14.5. The van der Waals surface area contributed by atoms with E-state index in [2.05, 4.69) is 39.3 Å². The summed E-state index contributed by atoms with van der Waals surface area (Å²) in [5.74, 6) is 0.650. The van der Waals surface area contributed by atoms with E-state index in [1.807, 2.05) is 0 Å². The summed E-state index contributed by atoms with van der Waals surface area (Å²) in [5, 5.41) is 2.11. The Kier molecular flexibility index (Phi) is 5.63. The van der Waals surface area contributed by atoms with Gasteiger partial charge in [-0.15, -0.1) is 11.3 Å². The number of nitrogens with two attached hydrogens (primary N) is 1. The Morgan fingerprint density at radius 3 is 3.06 bits per heavy atom. The number of thiophene rings is 1. The van der Waals surface area contributed by atoms with Crippen molar-refractivity contribution in [1.82, 2.24) is 4.90 Å². The van der Waals surface area contributed by atoms with E-state index in [-0.39, 0.29) is 0 Å². The first-order valence-electron chi connectivity index (χ1n) is 6.43. The van der Waals surface area contributed by atoms with Gasteiger partial charge in [0, 0.05) is 29.0 Å². The molecule has 0 radical (unpaired) electrons. The van der Waals surface area contributed by atoms with E-state index in [1.165, 1.54) is 22.2 Å². The van der Waals surface area contributed by atoms with Gasteiger partial charge in [-0.25, -0.2) is 0 Å². The van der Waals surface area contributed by atoms with Crippen molar-refractivity contribution < 1.29 is 4.74 Å². The van der Waals surface area contributed by atoms with E-state index in [9.17, 15) is 0 Å². The van der Waals surface area contributed by atoms with Crippen molar-refractivity contribution >= 4 is 27.3 Å². The second kappa shape index (κ2) is 7.01. The van der Waals surface area contributed by atoms with E-state index in [0.29, 0.717) is 18.5 Å². The van der Waals surface area contributed by atoms with Gasteiger partial charge >= 0.3 is 0 Å². The second-order valence-electron chi connectivity index (χ2n) is 4.91. The van der Waals surface area contributed by atoms with Crippen LogP contribution in [0.4, 0.5) is 0 Å². The maximum Gasteiger partial charge on any atom is 0.0573 e. The zero-order valence-electron chi connectivity index (χ0n) is 10.8. The molecule has 2 atom stereocenters. The Bertz CT molecular complexity index is 366. The van der Waals surface area contributed by atoms with Gasteiger partial charge in [0.25, 0.3) is 0 Å². The number of ether oxygens (including phenoxy) is 1. The Balaban J connectivity index is 1.97. The molecule has 2 unspecified atom stereocenters. The van der Waals surface area contributed by atoms with Crippen molar-refractivity contribution in [2.45, 2.75) is 18.9 Å². The fourth-order valence-electron chi connectivity index (χ4n) is 2.52. The van der Waals surface area contributed by atoms with Gasteiger partial charge in [-0.2, -0.15) is 0 Å². The molecule has 1 aliphatic heterocycles. The summed E-state index contributed by atoms with van der Waals surface area (Å²) in [5.41, 5.74) is 5.95. The van der Waals surface area contributed by atoms with Crippen molar-refractivity contribution in [3.63, 3.8) is 0 Å². The molecule has 2 rings (SSSR count). The molecule has 0 spiro atoms. The largest absolute Gasteiger partial charge is 0.381 e. The van der Waals surface area contributed by atoms with Crippen LogP contribution in [0, 0.1) is 5.92 Å². The molecule has 1 aromatic heterocycles. The third-order valence-electron chi connectivity index (χ3n) is 3.50. The van der Waals surface area contributed by atoms with Crippen LogP contribution in [0.2, 0.25) is 0 Å². The van der Waals surface area contributed by atoms with Crippen LogP contribution in [0.3, 0.4) is 0 Å². The molecule has 1 fully saturated rings. The minimum atomic E-state index is 0.307. The Morgan fingerprint density at radius 2 is 2.50 bits per heavy atom. The summed E-state index contributed by atoms with van der Waals surface area (Å²) < 4.78 is 6.72. The molecule has 3 nitrogen and oxygen atoms in total. The van der Waals surface area contributed by atoms with E-state index < -0.39 is 0 Å². The van der Waals surface area contributed by atoms with E-state index in [0.717, 1.165) is 19.8 Å². The molecule has 0 aromatic carbocycles. The molecule has 1 aliphatic rings. The molecule has 5 heteroatoms. The number of likely N-dealkylation sites (N-methyl/N-ethyl adjacent to an activating group) is 1. The second-order valence-corrected chi connectivity index (χ2v) is 6.71. The predicted octanol–water partition coefficient (Wildman–Crippen LogP) is 2.87. The molecule has 0 aliphatic carbocycles. The zero-order chi connectivity index (χ0) is 13.0. The van der Waals surface area contributed by atoms with Crippen molar-refractivity contribution in [2.75, 3.05) is 33.4 Å². The molecule has 0 saturated carbocycles. The highest BCUT2D eigenvalue weighted by Crippen LogP contribution is 2.32. The molecule has 1 aromatic rings. The molecule has 102 valence electrons. The molecular formula is C13H21BrN2OS. The summed E-state index contributed by atoms with van der Waals surface area (Å²) in [6, 6.07) is 2.40. The first-order chi connectivity index (χ1) is 8.72. The highest BCUT2D eigenvalue weighted by molar-refractivity contribution is 9.10. The summed E-state index contributed by atoms with van der Waals surface area (Å²) in [6.45, 7) is 3.54. The van der Waals surface area contributed by atoms with E-state index in [4.69, 9.17) is 10.5 Å². The molecule has 2 heterocycles. The fraction of sp³-hybridized carbons (Fsp3) is 0.692. The lowest BCUT2D eigenvalue weighted by molar-refractivity contribution is 0.0367. The fourth-order valence-corrected chi connectivity index (χ4v) is 4.33. The number of halogens is 1. The van der Waals surface area contributed by atoms with Crippen LogP contribution in [0.15, 0.2) is 15.9 Å². The molecular weight excluding hydrogens is 312 g/mol. The quantitative estimate of drug-likeness (QED) is 0.900. The molecule has 0 amide bonds. The average molecular weight is 333 g/mol. The van der Waals surface area contributed by atoms with Gasteiger partial charge in [0.05, 0.1) is 12.6 Å². The van der Waals surface area contributed by atoms with Crippen LogP contribution >= 0.6 is 27.3 Å². The summed E-state index contributed by atoms with van der Waals surface area (Å²) in [6.07, 6.45) is 2.46. The monoisotopic (exact) mass is 332 g/mol. The lowest BCUT2D eigenvalue weighted by atomic mass is 10.0. The smallest absolute Gasteiger partial charge is 0.0573 e. The van der Waals surface area contributed by atoms with Crippen LogP contribution in [0.5, 0.6) is 0 Å². The SMILES string of the molecule is CN(CC1CCCOC1)C(CN)c1sccc1Br. The van der Waals surface area contributed by atoms with Gasteiger partial charge in [0.15, 0.2) is 0 Å². The number of rotatable bonds is 5. The summed E-state index contributed by atoms with van der Waals surface area (Å²) in [7, 11) is 2.16. The normalized spacial score (nSPS) is 22.3. The third-order valence-corrected chi connectivity index (χ3v) is 5.48. The van der Waals surface area contributed by atoms with Crippen molar-refractivity contribution in [3.8, 4) is 0 Å². The van der Waals surface area contributed by atoms with Crippen molar-refractivity contribution in [1.29, 1.82) is 0 Å². The van der Waals surface area contributed by atoms with Gasteiger partial charge in [0.1, 0.15) is 0 Å². The number of nitrogens with zero attached hydrogens (tertiary/aromatic N) is 1. The van der Waals surface area contributed by atoms with Crippen LogP contribution in [-0.4, -0.2) is 38.3 Å². The van der Waals surface area contributed by atoms with Gasteiger partial charge in [-0.1, -0.05) is 0 Å². The summed E-state index contributed by atoms with van der Waals surface area (Å²) >= 11 is 5.38. The Hall–Kier alpha value is 0.0600. The molecule has 1 saturated heterocycles. The molecule has 2 N–H and O–H groups in total. The predicted molar refractivity (Wildman–Crippen MR) is 80.0 cm³/mol. The lowest BCUT2D eigenvalue weighted by Crippen LogP contribution is -2.36. The third kappa shape index (κ3) is 3.54. The minimum absolute atomic E-state index is 0.307. The Morgan fingerprint density at radius 1 is 1.67 bits per heavy atom. The van der Waals surface area contributed by atoms with Crippen molar-refractivity contribution in [3.05, 3.63) is 20.8 Å². The van der Waals surface area contributed by atoms with E-state index >= 15 is 0 Å². The van der Waals surface area contributed by atoms with Crippen LogP contribution in [-0.2, 0) is 4.74 Å². The van der Waals surface area contributed by atoms with Crippen LogP contribution in [0.1, 0.15) is 23.8 Å².